The molecule has 4 rings (SSSR count). The minimum atomic E-state index is -0.449. The number of carbonyl (C=O) groups is 1. The molecular formula is C24H26N4O5S. The number of ether oxygens (including phenoxy) is 2. The number of thiazole rings is 1. The molecule has 0 N–H and O–H groups in total. The van der Waals surface area contributed by atoms with Gasteiger partial charge in [-0.15, -0.1) is 0 Å². The van der Waals surface area contributed by atoms with Crippen molar-refractivity contribution >= 4 is 44.4 Å². The van der Waals surface area contributed by atoms with E-state index in [1.54, 1.807) is 23.1 Å². The number of nitrogens with zero attached hydrogens (tertiary/aromatic N) is 4. The summed E-state index contributed by atoms with van der Waals surface area (Å²) in [4.78, 5) is 32.4. The van der Waals surface area contributed by atoms with E-state index in [4.69, 9.17) is 14.5 Å². The van der Waals surface area contributed by atoms with Crippen LogP contribution in [0.25, 0.3) is 16.3 Å². The van der Waals surface area contributed by atoms with Gasteiger partial charge < -0.3 is 9.47 Å². The largest absolute Gasteiger partial charge is 0.492 e. The summed E-state index contributed by atoms with van der Waals surface area (Å²) in [5, 5.41) is 11.5. The quantitative estimate of drug-likeness (QED) is 0.258. The van der Waals surface area contributed by atoms with E-state index in [1.807, 2.05) is 25.1 Å². The van der Waals surface area contributed by atoms with Gasteiger partial charge in [0.25, 0.3) is 11.6 Å². The molecule has 178 valence electrons. The third kappa shape index (κ3) is 5.77. The molecule has 0 spiro atoms. The summed E-state index contributed by atoms with van der Waals surface area (Å²) in [6.07, 6.45) is 3.14. The summed E-state index contributed by atoms with van der Waals surface area (Å²) in [5.74, 6) is 0.494. The molecule has 0 unspecified atom stereocenters. The Morgan fingerprint density at radius 3 is 2.74 bits per heavy atom. The molecule has 34 heavy (non-hydrogen) atoms. The number of morpholine rings is 1. The van der Waals surface area contributed by atoms with E-state index < -0.39 is 4.92 Å². The molecule has 0 aliphatic carbocycles. The molecule has 1 fully saturated rings. The lowest BCUT2D eigenvalue weighted by molar-refractivity contribution is -0.384. The van der Waals surface area contributed by atoms with Gasteiger partial charge in [0.15, 0.2) is 5.13 Å². The Labute approximate surface area is 201 Å². The van der Waals surface area contributed by atoms with E-state index in [0.717, 1.165) is 23.3 Å². The topological polar surface area (TPSA) is 98.0 Å². The molecule has 1 aromatic heterocycles. The van der Waals surface area contributed by atoms with Crippen LogP contribution in [0.15, 0.2) is 48.5 Å². The average Bonchev–Trinajstić information content (AvgIpc) is 3.29. The molecule has 9 nitrogen and oxygen atoms in total. The Balaban J connectivity index is 1.58. The van der Waals surface area contributed by atoms with E-state index in [0.29, 0.717) is 49.4 Å². The standard InChI is InChI=1S/C24H26N4O5S/c1-2-33-20-4-3-5-21-23(20)25-24(34-21)27(13-12-26-14-16-32-17-15-26)22(29)11-8-18-6-9-19(10-7-18)28(30)31/h3-11H,2,12-17H2,1H3/b11-8+. The van der Waals surface area contributed by atoms with Crippen LogP contribution in [0.4, 0.5) is 10.8 Å². The van der Waals surface area contributed by atoms with Gasteiger partial charge in [0.2, 0.25) is 0 Å². The number of para-hydroxylation sites is 1. The molecule has 1 aliphatic heterocycles. The number of hydrogen-bond acceptors (Lipinski definition) is 8. The van der Waals surface area contributed by atoms with E-state index >= 15 is 0 Å². The second-order valence-electron chi connectivity index (χ2n) is 7.66. The minimum absolute atomic E-state index is 0.00944. The van der Waals surface area contributed by atoms with Crippen LogP contribution in [0, 0.1) is 10.1 Å². The first-order valence-electron chi connectivity index (χ1n) is 11.1. The number of anilines is 1. The van der Waals surface area contributed by atoms with E-state index in [-0.39, 0.29) is 11.6 Å². The van der Waals surface area contributed by atoms with Gasteiger partial charge in [0.05, 0.1) is 29.4 Å². The van der Waals surface area contributed by atoms with Gasteiger partial charge in [0, 0.05) is 44.4 Å². The Morgan fingerprint density at radius 1 is 1.26 bits per heavy atom. The van der Waals surface area contributed by atoms with Crippen molar-refractivity contribution in [2.24, 2.45) is 0 Å². The van der Waals surface area contributed by atoms with Crippen molar-refractivity contribution in [3.63, 3.8) is 0 Å². The second-order valence-corrected chi connectivity index (χ2v) is 8.67. The van der Waals surface area contributed by atoms with E-state index in [2.05, 4.69) is 4.90 Å². The maximum Gasteiger partial charge on any atom is 0.269 e. The lowest BCUT2D eigenvalue weighted by Gasteiger charge is -2.28. The molecule has 0 atom stereocenters. The fourth-order valence-electron chi connectivity index (χ4n) is 3.63. The van der Waals surface area contributed by atoms with Crippen LogP contribution in [-0.4, -0.2) is 66.7 Å². The number of rotatable bonds is 9. The third-order valence-corrected chi connectivity index (χ3v) is 6.48. The summed E-state index contributed by atoms with van der Waals surface area (Å²) in [6.45, 7) is 6.67. The molecule has 0 bridgehead atoms. The highest BCUT2D eigenvalue weighted by atomic mass is 32.1. The van der Waals surface area contributed by atoms with Crippen molar-refractivity contribution in [2.75, 3.05) is 50.9 Å². The summed E-state index contributed by atoms with van der Waals surface area (Å²) in [7, 11) is 0. The van der Waals surface area contributed by atoms with Crippen molar-refractivity contribution < 1.29 is 19.2 Å². The lowest BCUT2D eigenvalue weighted by atomic mass is 10.2. The first-order valence-corrected chi connectivity index (χ1v) is 11.9. The zero-order valence-electron chi connectivity index (χ0n) is 18.9. The normalized spacial score (nSPS) is 14.5. The molecule has 3 aromatic rings. The number of amides is 1. The highest BCUT2D eigenvalue weighted by Gasteiger charge is 2.21. The van der Waals surface area contributed by atoms with Crippen molar-refractivity contribution in [3.8, 4) is 5.75 Å². The van der Waals surface area contributed by atoms with Crippen molar-refractivity contribution in [3.05, 3.63) is 64.2 Å². The summed E-state index contributed by atoms with van der Waals surface area (Å²) < 4.78 is 12.1. The van der Waals surface area contributed by atoms with Gasteiger partial charge in [-0.25, -0.2) is 4.98 Å². The Morgan fingerprint density at radius 2 is 2.03 bits per heavy atom. The molecule has 1 amide bonds. The van der Waals surface area contributed by atoms with Gasteiger partial charge in [-0.3, -0.25) is 24.7 Å². The van der Waals surface area contributed by atoms with Gasteiger partial charge in [-0.2, -0.15) is 0 Å². The molecule has 2 aromatic carbocycles. The van der Waals surface area contributed by atoms with Crippen LogP contribution in [0.1, 0.15) is 12.5 Å². The number of nitro groups is 1. The fraction of sp³-hybridized carbons (Fsp3) is 0.333. The van der Waals surface area contributed by atoms with Gasteiger partial charge in [-0.1, -0.05) is 17.4 Å². The number of aromatic nitrogens is 1. The number of carbonyl (C=O) groups excluding carboxylic acids is 1. The maximum absolute atomic E-state index is 13.3. The predicted molar refractivity (Wildman–Crippen MR) is 133 cm³/mol. The van der Waals surface area contributed by atoms with Crippen LogP contribution < -0.4 is 9.64 Å². The van der Waals surface area contributed by atoms with Crippen molar-refractivity contribution in [2.45, 2.75) is 6.92 Å². The third-order valence-electron chi connectivity index (χ3n) is 5.43. The Hall–Kier alpha value is -3.34. The summed E-state index contributed by atoms with van der Waals surface area (Å²) >= 11 is 1.45. The second kappa shape index (κ2) is 11.2. The van der Waals surface area contributed by atoms with Crippen LogP contribution in [-0.2, 0) is 9.53 Å². The van der Waals surface area contributed by atoms with Crippen LogP contribution >= 0.6 is 11.3 Å². The summed E-state index contributed by atoms with van der Waals surface area (Å²) in [6, 6.07) is 11.8. The zero-order chi connectivity index (χ0) is 23.9. The number of hydrogen-bond donors (Lipinski definition) is 0. The number of non-ortho nitro benzene ring substituents is 1. The molecule has 1 saturated heterocycles. The average molecular weight is 483 g/mol. The zero-order valence-corrected chi connectivity index (χ0v) is 19.7. The summed E-state index contributed by atoms with van der Waals surface area (Å²) in [5.41, 5.74) is 1.46. The molecule has 1 aliphatic rings. The van der Waals surface area contributed by atoms with E-state index in [9.17, 15) is 14.9 Å². The monoisotopic (exact) mass is 482 g/mol. The number of benzene rings is 2. The van der Waals surface area contributed by atoms with Gasteiger partial charge >= 0.3 is 0 Å². The first-order chi connectivity index (χ1) is 16.5. The van der Waals surface area contributed by atoms with Gasteiger partial charge in [-0.05, 0) is 42.8 Å². The highest BCUT2D eigenvalue weighted by molar-refractivity contribution is 7.22. The van der Waals surface area contributed by atoms with Gasteiger partial charge in [0.1, 0.15) is 11.3 Å². The fourth-order valence-corrected chi connectivity index (χ4v) is 4.64. The van der Waals surface area contributed by atoms with Crippen molar-refractivity contribution in [1.29, 1.82) is 0 Å². The Bertz CT molecular complexity index is 1170. The first kappa shape index (κ1) is 23.8. The molecule has 2 heterocycles. The maximum atomic E-state index is 13.3. The minimum Gasteiger partial charge on any atom is -0.492 e. The molecular weight excluding hydrogens is 456 g/mol. The van der Waals surface area contributed by atoms with Crippen LogP contribution in [0.3, 0.4) is 0 Å². The SMILES string of the molecule is CCOc1cccc2sc(N(CCN3CCOCC3)C(=O)/C=C/c3ccc([N+](=O)[O-])cc3)nc12. The highest BCUT2D eigenvalue weighted by Crippen LogP contribution is 2.34. The number of nitro benzene ring substituents is 1. The number of fused-ring (bicyclic) bond motifs is 1. The lowest BCUT2D eigenvalue weighted by Crippen LogP contribution is -2.42. The van der Waals surface area contributed by atoms with Crippen LogP contribution in [0.5, 0.6) is 5.75 Å². The smallest absolute Gasteiger partial charge is 0.269 e. The predicted octanol–water partition coefficient (Wildman–Crippen LogP) is 3.98. The molecule has 0 radical (unpaired) electrons. The van der Waals surface area contributed by atoms with Crippen LogP contribution in [0.2, 0.25) is 0 Å². The Kier molecular flexibility index (Phi) is 7.84. The molecule has 10 heteroatoms. The van der Waals surface area contributed by atoms with Crippen molar-refractivity contribution in [1.82, 2.24) is 9.88 Å². The molecule has 0 saturated carbocycles. The van der Waals surface area contributed by atoms with E-state index in [1.165, 1.54) is 29.5 Å².